The van der Waals surface area contributed by atoms with Crippen LogP contribution in [0.1, 0.15) is 35.4 Å². The summed E-state index contributed by atoms with van der Waals surface area (Å²) in [6, 6.07) is 14.6. The van der Waals surface area contributed by atoms with Crippen molar-refractivity contribution in [3.05, 3.63) is 89.3 Å². The van der Waals surface area contributed by atoms with Crippen LogP contribution >= 0.6 is 11.3 Å². The molecule has 0 bridgehead atoms. The van der Waals surface area contributed by atoms with E-state index in [9.17, 15) is 4.39 Å². The largest absolute Gasteiger partial charge is 0.395 e. The van der Waals surface area contributed by atoms with Crippen LogP contribution in [0.5, 0.6) is 0 Å². The van der Waals surface area contributed by atoms with Crippen molar-refractivity contribution in [3.63, 3.8) is 0 Å². The second kappa shape index (κ2) is 9.58. The molecule has 0 radical (unpaired) electrons. The summed E-state index contributed by atoms with van der Waals surface area (Å²) in [6.45, 7) is 2.45. The molecule has 0 fully saturated rings. The Kier molecular flexibility index (Phi) is 6.21. The Balaban J connectivity index is 1.36. The first-order valence-electron chi connectivity index (χ1n) is 11.0. The molecule has 1 aliphatic rings. The highest BCUT2D eigenvalue weighted by atomic mass is 32.1. The normalized spacial score (nSPS) is 14.3. The number of hydrogen-bond donors (Lipinski definition) is 0. The van der Waals surface area contributed by atoms with E-state index in [1.54, 1.807) is 29.7 Å². The van der Waals surface area contributed by atoms with Crippen molar-refractivity contribution in [2.75, 3.05) is 6.61 Å². The molecule has 5 nitrogen and oxygen atoms in total. The molecule has 0 saturated carbocycles. The number of aromatic nitrogens is 3. The fourth-order valence-corrected chi connectivity index (χ4v) is 4.93. The van der Waals surface area contributed by atoms with Crippen LogP contribution < -0.4 is 0 Å². The van der Waals surface area contributed by atoms with Crippen molar-refractivity contribution >= 4 is 17.0 Å². The summed E-state index contributed by atoms with van der Waals surface area (Å²) >= 11 is 1.63. The van der Waals surface area contributed by atoms with Crippen molar-refractivity contribution in [1.82, 2.24) is 15.0 Å². The first-order chi connectivity index (χ1) is 16.2. The predicted molar refractivity (Wildman–Crippen MR) is 129 cm³/mol. The minimum Gasteiger partial charge on any atom is -0.395 e. The molecule has 0 atom stereocenters. The van der Waals surface area contributed by atoms with E-state index in [0.29, 0.717) is 13.0 Å². The molecule has 0 aliphatic heterocycles. The van der Waals surface area contributed by atoms with Gasteiger partial charge in [-0.2, -0.15) is 0 Å². The molecule has 3 aromatic heterocycles. The third-order valence-electron chi connectivity index (χ3n) is 5.62. The van der Waals surface area contributed by atoms with Crippen molar-refractivity contribution in [2.24, 2.45) is 5.16 Å². The van der Waals surface area contributed by atoms with E-state index >= 15 is 0 Å². The molecule has 0 unspecified atom stereocenters. The van der Waals surface area contributed by atoms with Gasteiger partial charge in [-0.05, 0) is 67.6 Å². The van der Waals surface area contributed by atoms with Gasteiger partial charge in [0.05, 0.1) is 22.0 Å². The van der Waals surface area contributed by atoms with E-state index in [1.807, 2.05) is 25.3 Å². The van der Waals surface area contributed by atoms with Gasteiger partial charge in [-0.1, -0.05) is 23.4 Å². The highest BCUT2D eigenvalue weighted by Crippen LogP contribution is 2.35. The number of fused-ring (bicyclic) bond motifs is 1. The van der Waals surface area contributed by atoms with Crippen LogP contribution in [0.15, 0.2) is 66.1 Å². The average Bonchev–Trinajstić information content (AvgIpc) is 3.25. The molecule has 0 N–H and O–H groups in total. The minimum atomic E-state index is -0.232. The lowest BCUT2D eigenvalue weighted by Crippen LogP contribution is -2.15. The van der Waals surface area contributed by atoms with Gasteiger partial charge in [-0.25, -0.2) is 14.4 Å². The van der Waals surface area contributed by atoms with Gasteiger partial charge in [0.25, 0.3) is 0 Å². The molecule has 0 amide bonds. The Morgan fingerprint density at radius 3 is 2.76 bits per heavy atom. The first-order valence-corrected chi connectivity index (χ1v) is 11.8. The SMILES string of the molecule is Cc1nc(-c2cccnc2)sc1-c1ccc2c(n1)/C(=N/OCCc1ccc(F)cc1)CCC2. The first kappa shape index (κ1) is 21.4. The Morgan fingerprint density at radius 1 is 1.06 bits per heavy atom. The number of pyridine rings is 2. The number of halogens is 1. The highest BCUT2D eigenvalue weighted by molar-refractivity contribution is 7.18. The van der Waals surface area contributed by atoms with Crippen molar-refractivity contribution in [1.29, 1.82) is 0 Å². The molecular weight excluding hydrogens is 435 g/mol. The van der Waals surface area contributed by atoms with Crippen molar-refractivity contribution in [2.45, 2.75) is 32.6 Å². The van der Waals surface area contributed by atoms with E-state index in [4.69, 9.17) is 14.8 Å². The second-order valence-corrected chi connectivity index (χ2v) is 8.98. The maximum Gasteiger partial charge on any atom is 0.125 e. The number of rotatable bonds is 6. The van der Waals surface area contributed by atoms with Gasteiger partial charge in [-0.3, -0.25) is 4.98 Å². The van der Waals surface area contributed by atoms with Crippen LogP contribution in [0.4, 0.5) is 4.39 Å². The lowest BCUT2D eigenvalue weighted by Gasteiger charge is -2.17. The molecule has 1 aliphatic carbocycles. The monoisotopic (exact) mass is 458 g/mol. The summed E-state index contributed by atoms with van der Waals surface area (Å²) in [5.74, 6) is -0.232. The third-order valence-corrected chi connectivity index (χ3v) is 6.85. The van der Waals surface area contributed by atoms with Crippen LogP contribution in [0.3, 0.4) is 0 Å². The number of hydrogen-bond acceptors (Lipinski definition) is 6. The van der Waals surface area contributed by atoms with Gasteiger partial charge in [0.15, 0.2) is 0 Å². The molecular formula is C26H23FN4OS. The quantitative estimate of drug-likeness (QED) is 0.262. The van der Waals surface area contributed by atoms with Crippen LogP contribution in [0.25, 0.3) is 21.1 Å². The Hall–Kier alpha value is -3.45. The molecule has 7 heteroatoms. The maximum absolute atomic E-state index is 13.1. The van der Waals surface area contributed by atoms with Crippen LogP contribution in [-0.2, 0) is 17.7 Å². The van der Waals surface area contributed by atoms with Crippen molar-refractivity contribution in [3.8, 4) is 21.1 Å². The summed E-state index contributed by atoms with van der Waals surface area (Å²) in [4.78, 5) is 20.6. The van der Waals surface area contributed by atoms with Gasteiger partial charge in [0.2, 0.25) is 0 Å². The Bertz CT molecular complexity index is 1290. The van der Waals surface area contributed by atoms with Crippen molar-refractivity contribution < 1.29 is 9.23 Å². The number of nitrogens with zero attached hydrogens (tertiary/aromatic N) is 4. The third kappa shape index (κ3) is 4.83. The van der Waals surface area contributed by atoms with Gasteiger partial charge in [-0.15, -0.1) is 11.3 Å². The topological polar surface area (TPSA) is 60.3 Å². The molecule has 0 spiro atoms. The van der Waals surface area contributed by atoms with Gasteiger partial charge in [0, 0.05) is 24.4 Å². The van der Waals surface area contributed by atoms with E-state index < -0.39 is 0 Å². The van der Waals surface area contributed by atoms with E-state index in [0.717, 1.165) is 63.1 Å². The smallest absolute Gasteiger partial charge is 0.125 e. The van der Waals surface area contributed by atoms with E-state index in [1.165, 1.54) is 17.7 Å². The maximum atomic E-state index is 13.1. The average molecular weight is 459 g/mol. The zero-order valence-electron chi connectivity index (χ0n) is 18.3. The van der Waals surface area contributed by atoms with Crippen LogP contribution in [0.2, 0.25) is 0 Å². The van der Waals surface area contributed by atoms with E-state index in [-0.39, 0.29) is 5.82 Å². The summed E-state index contributed by atoms with van der Waals surface area (Å²) < 4.78 is 13.1. The molecule has 4 aromatic rings. The fraction of sp³-hybridized carbons (Fsp3) is 0.231. The summed E-state index contributed by atoms with van der Waals surface area (Å²) in [5, 5.41) is 5.36. The zero-order chi connectivity index (χ0) is 22.6. The van der Waals surface area contributed by atoms with Crippen LogP contribution in [-0.4, -0.2) is 27.3 Å². The standard InChI is InChI=1S/C26H23FN4OS/c1-17-25(33-26(29-17)20-5-3-14-28-16-20)23-12-9-19-4-2-6-22(24(19)30-23)31-32-15-13-18-7-10-21(27)11-8-18/h3,5,7-12,14,16H,2,4,6,13,15H2,1H3/b31-22+. The fourth-order valence-electron chi connectivity index (χ4n) is 3.90. The number of aryl methyl sites for hydroxylation is 2. The van der Waals surface area contributed by atoms with Crippen LogP contribution in [0, 0.1) is 12.7 Å². The predicted octanol–water partition coefficient (Wildman–Crippen LogP) is 6.01. The molecule has 5 rings (SSSR count). The van der Waals surface area contributed by atoms with Gasteiger partial charge in [0.1, 0.15) is 23.1 Å². The van der Waals surface area contributed by atoms with Gasteiger partial charge >= 0.3 is 0 Å². The second-order valence-electron chi connectivity index (χ2n) is 7.98. The van der Waals surface area contributed by atoms with E-state index in [2.05, 4.69) is 22.3 Å². The minimum absolute atomic E-state index is 0.232. The summed E-state index contributed by atoms with van der Waals surface area (Å²) in [6.07, 6.45) is 7.12. The molecule has 1 aromatic carbocycles. The molecule has 33 heavy (non-hydrogen) atoms. The van der Waals surface area contributed by atoms with Gasteiger partial charge < -0.3 is 4.84 Å². The number of thiazole rings is 1. The molecule has 166 valence electrons. The molecule has 0 saturated heterocycles. The summed E-state index contributed by atoms with van der Waals surface area (Å²) in [7, 11) is 0. The highest BCUT2D eigenvalue weighted by Gasteiger charge is 2.20. The Morgan fingerprint density at radius 2 is 1.94 bits per heavy atom. The number of oxime groups is 1. The lowest BCUT2D eigenvalue weighted by molar-refractivity contribution is 0.147. The lowest BCUT2D eigenvalue weighted by atomic mass is 9.94. The Labute approximate surface area is 196 Å². The zero-order valence-corrected chi connectivity index (χ0v) is 19.1. The summed E-state index contributed by atoms with van der Waals surface area (Å²) in [5.41, 5.74) is 6.87. The molecule has 3 heterocycles. The number of benzene rings is 1.